The molecule has 0 aliphatic heterocycles. The van der Waals surface area contributed by atoms with E-state index in [9.17, 15) is 9.18 Å². The number of carbonyl (C=O) groups excluding carboxylic acids is 1. The number of halogens is 1. The maximum atomic E-state index is 13.4. The summed E-state index contributed by atoms with van der Waals surface area (Å²) < 4.78 is 15.2. The van der Waals surface area contributed by atoms with E-state index in [0.717, 1.165) is 29.1 Å². The lowest BCUT2D eigenvalue weighted by Gasteiger charge is -2.21. The molecule has 2 aromatic rings. The Labute approximate surface area is 154 Å². The van der Waals surface area contributed by atoms with Crippen LogP contribution in [0.5, 0.6) is 0 Å². The summed E-state index contributed by atoms with van der Waals surface area (Å²) in [5.41, 5.74) is 3.34. The van der Waals surface area contributed by atoms with Crippen molar-refractivity contribution >= 4 is 11.6 Å². The fraction of sp³-hybridized carbons (Fsp3) is 0.524. The molecule has 1 saturated carbocycles. The minimum absolute atomic E-state index is 0.0621. The zero-order valence-electron chi connectivity index (χ0n) is 15.7. The van der Waals surface area contributed by atoms with Crippen molar-refractivity contribution in [1.29, 1.82) is 0 Å². The van der Waals surface area contributed by atoms with Gasteiger partial charge in [0.1, 0.15) is 5.82 Å². The van der Waals surface area contributed by atoms with Crippen molar-refractivity contribution in [2.45, 2.75) is 65.3 Å². The molecule has 0 unspecified atom stereocenters. The molecule has 5 heteroatoms. The van der Waals surface area contributed by atoms with Gasteiger partial charge in [-0.25, -0.2) is 4.39 Å². The minimum atomic E-state index is -0.250. The predicted molar refractivity (Wildman–Crippen MR) is 102 cm³/mol. The van der Waals surface area contributed by atoms with Gasteiger partial charge in [0.25, 0.3) is 0 Å². The third-order valence-corrected chi connectivity index (χ3v) is 5.37. The van der Waals surface area contributed by atoms with Crippen molar-refractivity contribution in [3.05, 3.63) is 47.0 Å². The van der Waals surface area contributed by atoms with E-state index < -0.39 is 0 Å². The van der Waals surface area contributed by atoms with Gasteiger partial charge in [0.15, 0.2) is 0 Å². The van der Waals surface area contributed by atoms with Crippen LogP contribution in [-0.2, 0) is 11.3 Å². The first-order valence-corrected chi connectivity index (χ1v) is 9.61. The summed E-state index contributed by atoms with van der Waals surface area (Å²) in [5.74, 6) is 0.514. The number of hydrogen-bond acceptors (Lipinski definition) is 2. The third-order valence-electron chi connectivity index (χ3n) is 5.37. The Bertz CT molecular complexity index is 763. The van der Waals surface area contributed by atoms with Crippen molar-refractivity contribution in [3.8, 4) is 0 Å². The lowest BCUT2D eigenvalue weighted by Crippen LogP contribution is -2.15. The Balaban J connectivity index is 1.61. The van der Waals surface area contributed by atoms with E-state index in [2.05, 4.69) is 10.4 Å². The molecule has 140 valence electrons. The van der Waals surface area contributed by atoms with E-state index in [4.69, 9.17) is 0 Å². The lowest BCUT2D eigenvalue weighted by atomic mass is 9.86. The van der Waals surface area contributed by atoms with E-state index in [1.165, 1.54) is 44.2 Å². The van der Waals surface area contributed by atoms with Crippen LogP contribution < -0.4 is 5.32 Å². The molecule has 1 aromatic carbocycles. The van der Waals surface area contributed by atoms with Crippen LogP contribution in [0.3, 0.4) is 0 Å². The second-order valence-corrected chi connectivity index (χ2v) is 7.42. The Hall–Kier alpha value is -2.17. The number of aromatic nitrogens is 2. The van der Waals surface area contributed by atoms with Gasteiger partial charge in [-0.05, 0) is 43.9 Å². The number of benzene rings is 1. The molecule has 26 heavy (non-hydrogen) atoms. The number of rotatable bonds is 6. The summed E-state index contributed by atoms with van der Waals surface area (Å²) in [5, 5.41) is 7.56. The second-order valence-electron chi connectivity index (χ2n) is 7.42. The van der Waals surface area contributed by atoms with Gasteiger partial charge in [0, 0.05) is 6.42 Å². The van der Waals surface area contributed by atoms with E-state index in [-0.39, 0.29) is 11.7 Å². The molecule has 0 radical (unpaired) electrons. The molecule has 0 bridgehead atoms. The van der Waals surface area contributed by atoms with Crippen LogP contribution in [0.15, 0.2) is 24.3 Å². The van der Waals surface area contributed by atoms with E-state index in [1.807, 2.05) is 24.6 Å². The highest BCUT2D eigenvalue weighted by molar-refractivity contribution is 5.91. The Morgan fingerprint density at radius 1 is 1.27 bits per heavy atom. The quantitative estimate of drug-likeness (QED) is 0.792. The SMILES string of the molecule is Cc1nn(Cc2cccc(F)c2)c(C)c1NC(=O)CCC1CCCCC1. The largest absolute Gasteiger partial charge is 0.323 e. The van der Waals surface area contributed by atoms with Gasteiger partial charge in [0.05, 0.1) is 23.6 Å². The normalized spacial score (nSPS) is 15.2. The van der Waals surface area contributed by atoms with Gasteiger partial charge in [-0.1, -0.05) is 44.2 Å². The highest BCUT2D eigenvalue weighted by Gasteiger charge is 2.17. The number of aryl methyl sites for hydroxylation is 1. The molecule has 4 nitrogen and oxygen atoms in total. The molecule has 3 rings (SSSR count). The Kier molecular flexibility index (Phi) is 6.07. The van der Waals surface area contributed by atoms with Gasteiger partial charge in [-0.2, -0.15) is 5.10 Å². The zero-order chi connectivity index (χ0) is 18.5. The van der Waals surface area contributed by atoms with Gasteiger partial charge in [-0.15, -0.1) is 0 Å². The average Bonchev–Trinajstić information content (AvgIpc) is 2.88. The summed E-state index contributed by atoms with van der Waals surface area (Å²) in [7, 11) is 0. The van der Waals surface area contributed by atoms with Crippen LogP contribution in [0, 0.1) is 25.6 Å². The summed E-state index contributed by atoms with van der Waals surface area (Å²) in [6.45, 7) is 4.32. The molecule has 0 saturated heterocycles. The standard InChI is InChI=1S/C21H28FN3O/c1-15-21(23-20(26)12-11-17-7-4-3-5-8-17)16(2)25(24-15)14-18-9-6-10-19(22)13-18/h6,9-10,13,17H,3-5,7-8,11-12,14H2,1-2H3,(H,23,26). The van der Waals surface area contributed by atoms with Crippen LogP contribution >= 0.6 is 0 Å². The molecule has 1 aliphatic carbocycles. The van der Waals surface area contributed by atoms with E-state index in [1.54, 1.807) is 6.07 Å². The number of nitrogens with zero attached hydrogens (tertiary/aromatic N) is 2. The highest BCUT2D eigenvalue weighted by Crippen LogP contribution is 2.28. The van der Waals surface area contributed by atoms with Gasteiger partial charge >= 0.3 is 0 Å². The monoisotopic (exact) mass is 357 g/mol. The first-order chi connectivity index (χ1) is 12.5. The van der Waals surface area contributed by atoms with Crippen LogP contribution in [0.25, 0.3) is 0 Å². The molecule has 1 aliphatic rings. The summed E-state index contributed by atoms with van der Waals surface area (Å²) in [4.78, 5) is 12.4. The average molecular weight is 357 g/mol. The lowest BCUT2D eigenvalue weighted by molar-refractivity contribution is -0.116. The Morgan fingerprint density at radius 3 is 2.77 bits per heavy atom. The van der Waals surface area contributed by atoms with Crippen molar-refractivity contribution in [3.63, 3.8) is 0 Å². The molecular formula is C21H28FN3O. The van der Waals surface area contributed by atoms with E-state index in [0.29, 0.717) is 18.9 Å². The molecule has 1 aromatic heterocycles. The van der Waals surface area contributed by atoms with Gasteiger partial charge < -0.3 is 5.32 Å². The predicted octanol–water partition coefficient (Wildman–Crippen LogP) is 4.99. The van der Waals surface area contributed by atoms with Crippen LogP contribution in [0.2, 0.25) is 0 Å². The molecule has 1 fully saturated rings. The second kappa shape index (κ2) is 8.47. The van der Waals surface area contributed by atoms with Gasteiger partial charge in [0.2, 0.25) is 5.91 Å². The topological polar surface area (TPSA) is 46.9 Å². The number of nitrogens with one attached hydrogen (secondary N) is 1. The first kappa shape index (κ1) is 18.6. The van der Waals surface area contributed by atoms with E-state index >= 15 is 0 Å². The van der Waals surface area contributed by atoms with Crippen molar-refractivity contribution < 1.29 is 9.18 Å². The summed E-state index contributed by atoms with van der Waals surface area (Å²) >= 11 is 0. The number of hydrogen-bond donors (Lipinski definition) is 1. The molecular weight excluding hydrogens is 329 g/mol. The number of anilines is 1. The fourth-order valence-electron chi connectivity index (χ4n) is 3.85. The third kappa shape index (κ3) is 4.71. The van der Waals surface area contributed by atoms with Crippen LogP contribution in [0.1, 0.15) is 61.9 Å². The maximum Gasteiger partial charge on any atom is 0.224 e. The van der Waals surface area contributed by atoms with Crippen LogP contribution in [0.4, 0.5) is 10.1 Å². The maximum absolute atomic E-state index is 13.4. The smallest absolute Gasteiger partial charge is 0.224 e. The van der Waals surface area contributed by atoms with Crippen LogP contribution in [-0.4, -0.2) is 15.7 Å². The summed E-state index contributed by atoms with van der Waals surface area (Å²) in [6.07, 6.45) is 8.01. The number of carbonyl (C=O) groups is 1. The molecule has 0 spiro atoms. The molecule has 1 heterocycles. The number of amides is 1. The fourth-order valence-corrected chi connectivity index (χ4v) is 3.85. The summed E-state index contributed by atoms with van der Waals surface area (Å²) in [6, 6.07) is 6.52. The molecule has 1 N–H and O–H groups in total. The molecule has 0 atom stereocenters. The van der Waals surface area contributed by atoms with Crippen molar-refractivity contribution in [1.82, 2.24) is 9.78 Å². The first-order valence-electron chi connectivity index (χ1n) is 9.61. The van der Waals surface area contributed by atoms with Crippen molar-refractivity contribution in [2.75, 3.05) is 5.32 Å². The molecule has 1 amide bonds. The Morgan fingerprint density at radius 2 is 2.04 bits per heavy atom. The van der Waals surface area contributed by atoms with Crippen molar-refractivity contribution in [2.24, 2.45) is 5.92 Å². The van der Waals surface area contributed by atoms with Gasteiger partial charge in [-0.3, -0.25) is 9.48 Å². The minimum Gasteiger partial charge on any atom is -0.323 e. The highest BCUT2D eigenvalue weighted by atomic mass is 19.1. The zero-order valence-corrected chi connectivity index (χ0v) is 15.7.